The molecular weight excluding hydrogens is 234 g/mol. The average Bonchev–Trinajstić information content (AvgIpc) is 2.14. The molecule has 0 aliphatic carbocycles. The molecule has 0 aromatic heterocycles. The van der Waals surface area contributed by atoms with E-state index in [0.717, 1.165) is 0 Å². The molecule has 7 heteroatoms. The SMILES string of the molecule is CC=CC(=O)OCCN.CCCS(=O)(=O)O. The van der Waals surface area contributed by atoms with E-state index in [1.807, 2.05) is 0 Å². The van der Waals surface area contributed by atoms with E-state index in [1.54, 1.807) is 19.9 Å². The van der Waals surface area contributed by atoms with Gasteiger partial charge in [0.05, 0.1) is 5.75 Å². The Bertz CT molecular complexity index is 297. The molecule has 0 amide bonds. The van der Waals surface area contributed by atoms with Crippen molar-refractivity contribution in [3.63, 3.8) is 0 Å². The summed E-state index contributed by atoms with van der Waals surface area (Å²) in [6.07, 6.45) is 3.45. The standard InChI is InChI=1S/C6H11NO2.C3H8O3S/c1-2-3-6(8)9-5-4-7;1-2-3-7(4,5)6/h2-3H,4-5,7H2,1H3;2-3H2,1H3,(H,4,5,6). The van der Waals surface area contributed by atoms with Crippen LogP contribution in [0.1, 0.15) is 20.3 Å². The maximum Gasteiger partial charge on any atom is 0.330 e. The molecule has 0 unspecified atom stereocenters. The number of carbonyl (C=O) groups excluding carboxylic acids is 1. The summed E-state index contributed by atoms with van der Waals surface area (Å²) in [5, 5.41) is 0. The van der Waals surface area contributed by atoms with E-state index in [0.29, 0.717) is 19.6 Å². The number of esters is 1. The van der Waals surface area contributed by atoms with Crippen molar-refractivity contribution in [2.75, 3.05) is 18.9 Å². The molecule has 0 radical (unpaired) electrons. The first-order valence-corrected chi connectivity index (χ1v) is 6.43. The van der Waals surface area contributed by atoms with Crippen LogP contribution in [-0.2, 0) is 19.6 Å². The Morgan fingerprint density at radius 1 is 1.50 bits per heavy atom. The van der Waals surface area contributed by atoms with E-state index >= 15 is 0 Å². The number of ether oxygens (including phenoxy) is 1. The number of allylic oxidation sites excluding steroid dienone is 1. The summed E-state index contributed by atoms with van der Waals surface area (Å²) >= 11 is 0. The highest BCUT2D eigenvalue weighted by atomic mass is 32.2. The maximum absolute atomic E-state index is 10.4. The zero-order valence-corrected chi connectivity index (χ0v) is 10.4. The van der Waals surface area contributed by atoms with Gasteiger partial charge in [0.2, 0.25) is 0 Å². The van der Waals surface area contributed by atoms with E-state index in [-0.39, 0.29) is 11.7 Å². The van der Waals surface area contributed by atoms with E-state index in [2.05, 4.69) is 4.74 Å². The molecule has 0 bridgehead atoms. The summed E-state index contributed by atoms with van der Waals surface area (Å²) < 4.78 is 32.1. The molecule has 3 N–H and O–H groups in total. The lowest BCUT2D eigenvalue weighted by Crippen LogP contribution is -2.11. The Morgan fingerprint density at radius 3 is 2.31 bits per heavy atom. The van der Waals surface area contributed by atoms with Gasteiger partial charge in [-0.05, 0) is 13.3 Å². The van der Waals surface area contributed by atoms with Crippen molar-refractivity contribution >= 4 is 16.1 Å². The summed E-state index contributed by atoms with van der Waals surface area (Å²) in [5.74, 6) is -0.463. The summed E-state index contributed by atoms with van der Waals surface area (Å²) in [4.78, 5) is 10.4. The van der Waals surface area contributed by atoms with E-state index in [9.17, 15) is 13.2 Å². The first kappa shape index (κ1) is 17.5. The molecule has 96 valence electrons. The summed E-state index contributed by atoms with van der Waals surface area (Å²) in [7, 11) is -3.67. The van der Waals surface area contributed by atoms with Gasteiger partial charge in [-0.15, -0.1) is 0 Å². The first-order valence-electron chi connectivity index (χ1n) is 4.82. The molecule has 0 saturated carbocycles. The molecule has 0 atom stereocenters. The molecule has 0 heterocycles. The fourth-order valence-electron chi connectivity index (χ4n) is 0.602. The van der Waals surface area contributed by atoms with E-state index in [1.165, 1.54) is 6.08 Å². The lowest BCUT2D eigenvalue weighted by Gasteiger charge is -1.95. The fraction of sp³-hybridized carbons (Fsp3) is 0.667. The number of rotatable bonds is 5. The predicted molar refractivity (Wildman–Crippen MR) is 61.5 cm³/mol. The predicted octanol–water partition coefficient (Wildman–Crippen LogP) is 0.349. The molecule has 6 nitrogen and oxygen atoms in total. The van der Waals surface area contributed by atoms with Crippen LogP contribution in [-0.4, -0.2) is 37.8 Å². The Morgan fingerprint density at radius 2 is 2.06 bits per heavy atom. The van der Waals surface area contributed by atoms with Gasteiger partial charge < -0.3 is 10.5 Å². The van der Waals surface area contributed by atoms with Gasteiger partial charge in [-0.1, -0.05) is 13.0 Å². The van der Waals surface area contributed by atoms with E-state index < -0.39 is 10.1 Å². The molecule has 0 fully saturated rings. The van der Waals surface area contributed by atoms with Gasteiger partial charge in [-0.3, -0.25) is 4.55 Å². The zero-order chi connectivity index (χ0) is 13.0. The third-order valence-corrected chi connectivity index (χ3v) is 2.05. The minimum atomic E-state index is -3.67. The molecule has 0 aliphatic rings. The van der Waals surface area contributed by atoms with Crippen LogP contribution in [0.4, 0.5) is 0 Å². The third-order valence-electron chi connectivity index (χ3n) is 1.13. The van der Waals surface area contributed by atoms with Crippen molar-refractivity contribution in [2.45, 2.75) is 20.3 Å². The van der Waals surface area contributed by atoms with Crippen LogP contribution < -0.4 is 5.73 Å². The van der Waals surface area contributed by atoms with Crippen LogP contribution in [0, 0.1) is 0 Å². The fourth-order valence-corrected chi connectivity index (χ4v) is 1.12. The van der Waals surface area contributed by atoms with Gasteiger partial charge in [-0.2, -0.15) is 8.42 Å². The Kier molecular flexibility index (Phi) is 11.6. The van der Waals surface area contributed by atoms with Gasteiger partial charge in [-0.25, -0.2) is 4.79 Å². The Hall–Kier alpha value is -0.920. The molecule has 0 aromatic rings. The molecular formula is C9H19NO5S. The highest BCUT2D eigenvalue weighted by Crippen LogP contribution is 1.83. The first-order chi connectivity index (χ1) is 7.37. The Labute approximate surface area is 96.2 Å². The smallest absolute Gasteiger partial charge is 0.330 e. The number of hydrogen-bond acceptors (Lipinski definition) is 5. The van der Waals surface area contributed by atoms with Crippen molar-refractivity contribution in [2.24, 2.45) is 5.73 Å². The summed E-state index contributed by atoms with van der Waals surface area (Å²) in [6.45, 7) is 4.12. The largest absolute Gasteiger partial charge is 0.461 e. The molecule has 0 saturated heterocycles. The normalized spacial score (nSPS) is 10.8. The number of hydrogen-bond donors (Lipinski definition) is 2. The van der Waals surface area contributed by atoms with Gasteiger partial charge in [0.15, 0.2) is 0 Å². The van der Waals surface area contributed by atoms with Crippen molar-refractivity contribution in [1.82, 2.24) is 0 Å². The van der Waals surface area contributed by atoms with Crippen molar-refractivity contribution in [1.29, 1.82) is 0 Å². The van der Waals surface area contributed by atoms with Crippen LogP contribution in [0.5, 0.6) is 0 Å². The van der Waals surface area contributed by atoms with Crippen LogP contribution in [0.3, 0.4) is 0 Å². The second-order valence-corrected chi connectivity index (χ2v) is 4.31. The van der Waals surface area contributed by atoms with Gasteiger partial charge in [0.25, 0.3) is 10.1 Å². The minimum absolute atomic E-state index is 0.132. The lowest BCUT2D eigenvalue weighted by atomic mass is 10.5. The molecule has 0 rings (SSSR count). The number of carbonyl (C=O) groups is 1. The molecule has 0 spiro atoms. The van der Waals surface area contributed by atoms with Crippen molar-refractivity contribution in [3.8, 4) is 0 Å². The average molecular weight is 253 g/mol. The molecule has 0 aliphatic heterocycles. The van der Waals surface area contributed by atoms with Crippen LogP contribution in [0.15, 0.2) is 12.2 Å². The van der Waals surface area contributed by atoms with Crippen LogP contribution in [0.25, 0.3) is 0 Å². The van der Waals surface area contributed by atoms with E-state index in [4.69, 9.17) is 10.3 Å². The van der Waals surface area contributed by atoms with Gasteiger partial charge >= 0.3 is 5.97 Å². The molecule has 16 heavy (non-hydrogen) atoms. The second kappa shape index (κ2) is 10.6. The summed E-state index contributed by atoms with van der Waals surface area (Å²) in [6, 6.07) is 0. The zero-order valence-electron chi connectivity index (χ0n) is 9.55. The second-order valence-electron chi connectivity index (χ2n) is 2.74. The van der Waals surface area contributed by atoms with Gasteiger partial charge in [0, 0.05) is 12.6 Å². The topological polar surface area (TPSA) is 107 Å². The van der Waals surface area contributed by atoms with Crippen molar-refractivity contribution < 1.29 is 22.5 Å². The summed E-state index contributed by atoms with van der Waals surface area (Å²) in [5.41, 5.74) is 5.07. The number of nitrogens with two attached hydrogens (primary N) is 1. The van der Waals surface area contributed by atoms with Crippen molar-refractivity contribution in [3.05, 3.63) is 12.2 Å². The molecule has 0 aromatic carbocycles. The minimum Gasteiger partial charge on any atom is -0.461 e. The highest BCUT2D eigenvalue weighted by Gasteiger charge is 1.98. The maximum atomic E-state index is 10.4. The third kappa shape index (κ3) is 18.8. The quantitative estimate of drug-likeness (QED) is 0.416. The lowest BCUT2D eigenvalue weighted by molar-refractivity contribution is -0.137. The highest BCUT2D eigenvalue weighted by molar-refractivity contribution is 7.85. The van der Waals surface area contributed by atoms with Gasteiger partial charge in [0.1, 0.15) is 6.61 Å². The Balaban J connectivity index is 0. The van der Waals surface area contributed by atoms with Crippen LogP contribution in [0.2, 0.25) is 0 Å². The van der Waals surface area contributed by atoms with Crippen LogP contribution >= 0.6 is 0 Å². The monoisotopic (exact) mass is 253 g/mol.